The Balaban J connectivity index is 1.98. The van der Waals surface area contributed by atoms with Crippen LogP contribution in [-0.4, -0.2) is 28.5 Å². The number of benzene rings is 1. The van der Waals surface area contributed by atoms with E-state index in [-0.39, 0.29) is 17.9 Å². The van der Waals surface area contributed by atoms with Gasteiger partial charge in [0.15, 0.2) is 5.82 Å². The van der Waals surface area contributed by atoms with E-state index in [0.29, 0.717) is 24.6 Å². The Labute approximate surface area is 117 Å². The molecule has 1 unspecified atom stereocenters. The highest BCUT2D eigenvalue weighted by molar-refractivity contribution is 5.26. The molecule has 0 fully saturated rings. The number of hydrogen-bond donors (Lipinski definition) is 2. The number of aromatic hydroxyl groups is 1. The van der Waals surface area contributed by atoms with Crippen LogP contribution in [0.15, 0.2) is 28.8 Å². The van der Waals surface area contributed by atoms with Crippen molar-refractivity contribution in [1.82, 2.24) is 10.1 Å². The summed E-state index contributed by atoms with van der Waals surface area (Å²) in [6, 6.07) is 6.53. The van der Waals surface area contributed by atoms with Crippen molar-refractivity contribution in [3.05, 3.63) is 41.5 Å². The molecule has 20 heavy (non-hydrogen) atoms. The number of phenols is 1. The third-order valence-corrected chi connectivity index (χ3v) is 3.07. The second kappa shape index (κ2) is 6.49. The molecule has 1 aromatic heterocycles. The van der Waals surface area contributed by atoms with Crippen LogP contribution in [0.2, 0.25) is 0 Å². The largest absolute Gasteiger partial charge is 0.508 e. The van der Waals surface area contributed by atoms with Gasteiger partial charge in [0.25, 0.3) is 0 Å². The second-order valence-electron chi connectivity index (χ2n) is 4.78. The van der Waals surface area contributed by atoms with E-state index in [2.05, 4.69) is 10.1 Å². The van der Waals surface area contributed by atoms with Crippen LogP contribution in [0.5, 0.6) is 5.75 Å². The van der Waals surface area contributed by atoms with Crippen molar-refractivity contribution in [3.63, 3.8) is 0 Å². The smallest absolute Gasteiger partial charge is 0.243 e. The van der Waals surface area contributed by atoms with Crippen molar-refractivity contribution in [1.29, 1.82) is 0 Å². The van der Waals surface area contributed by atoms with Crippen LogP contribution in [-0.2, 0) is 17.6 Å². The average Bonchev–Trinajstić information content (AvgIpc) is 2.89. The molecule has 0 amide bonds. The lowest BCUT2D eigenvalue weighted by atomic mass is 10.1. The van der Waals surface area contributed by atoms with Gasteiger partial charge in [-0.15, -0.1) is 0 Å². The summed E-state index contributed by atoms with van der Waals surface area (Å²) < 4.78 is 10.3. The molecule has 1 aromatic carbocycles. The van der Waals surface area contributed by atoms with Gasteiger partial charge in [-0.3, -0.25) is 0 Å². The molecule has 3 N–H and O–H groups in total. The maximum absolute atomic E-state index is 9.23. The lowest BCUT2D eigenvalue weighted by Gasteiger charge is -2.07. The van der Waals surface area contributed by atoms with Crippen molar-refractivity contribution in [2.75, 3.05) is 7.11 Å². The highest BCUT2D eigenvalue weighted by atomic mass is 16.5. The van der Waals surface area contributed by atoms with Gasteiger partial charge in [0.1, 0.15) is 5.75 Å². The van der Waals surface area contributed by atoms with Crippen LogP contribution in [0.1, 0.15) is 30.2 Å². The molecule has 6 nitrogen and oxygen atoms in total. The summed E-state index contributed by atoms with van der Waals surface area (Å²) in [6.07, 6.45) is 1.20. The minimum absolute atomic E-state index is 0.0359. The van der Waals surface area contributed by atoms with E-state index in [0.717, 1.165) is 5.56 Å². The van der Waals surface area contributed by atoms with Gasteiger partial charge >= 0.3 is 0 Å². The van der Waals surface area contributed by atoms with Gasteiger partial charge < -0.3 is 20.1 Å². The lowest BCUT2D eigenvalue weighted by Crippen LogP contribution is -2.14. The Morgan fingerprint density at radius 3 is 2.65 bits per heavy atom. The fourth-order valence-corrected chi connectivity index (χ4v) is 1.81. The summed E-state index contributed by atoms with van der Waals surface area (Å²) in [7, 11) is 1.64. The predicted molar refractivity (Wildman–Crippen MR) is 73.2 cm³/mol. The van der Waals surface area contributed by atoms with Crippen molar-refractivity contribution in [2.45, 2.75) is 31.9 Å². The van der Waals surface area contributed by atoms with E-state index in [1.165, 1.54) is 0 Å². The number of methoxy groups -OCH3 is 1. The number of aromatic nitrogens is 2. The van der Waals surface area contributed by atoms with Gasteiger partial charge in [0.2, 0.25) is 5.89 Å². The van der Waals surface area contributed by atoms with Crippen molar-refractivity contribution < 1.29 is 14.4 Å². The van der Waals surface area contributed by atoms with Crippen LogP contribution in [0.3, 0.4) is 0 Å². The third kappa shape index (κ3) is 3.79. The van der Waals surface area contributed by atoms with E-state index in [1.807, 2.05) is 19.1 Å². The van der Waals surface area contributed by atoms with Gasteiger partial charge in [0, 0.05) is 13.5 Å². The summed E-state index contributed by atoms with van der Waals surface area (Å²) in [5.41, 5.74) is 7.05. The summed E-state index contributed by atoms with van der Waals surface area (Å²) in [6.45, 7) is 1.94. The second-order valence-corrected chi connectivity index (χ2v) is 4.78. The number of ether oxygens (including phenoxy) is 1. The molecule has 0 aliphatic carbocycles. The van der Waals surface area contributed by atoms with E-state index in [9.17, 15) is 5.11 Å². The molecule has 2 rings (SSSR count). The topological polar surface area (TPSA) is 94.4 Å². The van der Waals surface area contributed by atoms with Crippen molar-refractivity contribution >= 4 is 0 Å². The molecule has 0 aliphatic rings. The molecule has 1 heterocycles. The number of hydrogen-bond acceptors (Lipinski definition) is 6. The van der Waals surface area contributed by atoms with Crippen molar-refractivity contribution in [3.8, 4) is 5.75 Å². The monoisotopic (exact) mass is 277 g/mol. The molecule has 6 heteroatoms. The first-order valence-corrected chi connectivity index (χ1v) is 6.47. The van der Waals surface area contributed by atoms with Gasteiger partial charge in [-0.25, -0.2) is 0 Å². The fraction of sp³-hybridized carbons (Fsp3) is 0.429. The lowest BCUT2D eigenvalue weighted by molar-refractivity contribution is 0.116. The molecule has 2 aromatic rings. The van der Waals surface area contributed by atoms with Crippen LogP contribution >= 0.6 is 0 Å². The zero-order valence-corrected chi connectivity index (χ0v) is 11.6. The summed E-state index contributed by atoms with van der Waals surface area (Å²) in [4.78, 5) is 4.28. The molecule has 0 saturated carbocycles. The summed E-state index contributed by atoms with van der Waals surface area (Å²) in [5.74, 6) is 1.24. The first-order chi connectivity index (χ1) is 9.58. The number of rotatable bonds is 6. The minimum atomic E-state index is -0.362. The van der Waals surface area contributed by atoms with Gasteiger partial charge in [-0.2, -0.15) is 4.98 Å². The predicted octanol–water partition coefficient (Wildman–Crippen LogP) is 1.60. The molecule has 0 spiro atoms. The van der Waals surface area contributed by atoms with Crippen LogP contribution in [0, 0.1) is 0 Å². The van der Waals surface area contributed by atoms with Crippen LogP contribution < -0.4 is 5.73 Å². The zero-order chi connectivity index (χ0) is 14.5. The molecule has 0 bridgehead atoms. The average molecular weight is 277 g/mol. The molecule has 0 saturated heterocycles. The molecule has 0 aliphatic heterocycles. The van der Waals surface area contributed by atoms with Crippen LogP contribution in [0.25, 0.3) is 0 Å². The van der Waals surface area contributed by atoms with E-state index in [1.54, 1.807) is 19.2 Å². The zero-order valence-electron chi connectivity index (χ0n) is 11.6. The van der Waals surface area contributed by atoms with Gasteiger partial charge in [0.05, 0.1) is 12.1 Å². The van der Waals surface area contributed by atoms with E-state index >= 15 is 0 Å². The van der Waals surface area contributed by atoms with Gasteiger partial charge in [-0.1, -0.05) is 17.3 Å². The maximum atomic E-state index is 9.23. The standard InChI is InChI=1S/C14H19N3O3/c1-9(19-2)7-13-16-14(20-17-13)12(15)8-10-3-5-11(18)6-4-10/h3-6,9,12,18H,7-8,15H2,1-2H3/t9?,12-/m1/s1. The first kappa shape index (κ1) is 14.5. The van der Waals surface area contributed by atoms with E-state index < -0.39 is 0 Å². The molecule has 108 valence electrons. The van der Waals surface area contributed by atoms with Crippen LogP contribution in [0.4, 0.5) is 0 Å². The Kier molecular flexibility index (Phi) is 4.70. The fourth-order valence-electron chi connectivity index (χ4n) is 1.81. The summed E-state index contributed by atoms with van der Waals surface area (Å²) >= 11 is 0. The third-order valence-electron chi connectivity index (χ3n) is 3.07. The first-order valence-electron chi connectivity index (χ1n) is 6.47. The summed E-state index contributed by atoms with van der Waals surface area (Å²) in [5, 5.41) is 13.1. The Morgan fingerprint density at radius 2 is 2.00 bits per heavy atom. The Hall–Kier alpha value is -1.92. The Morgan fingerprint density at radius 1 is 1.30 bits per heavy atom. The normalized spacial score (nSPS) is 14.2. The van der Waals surface area contributed by atoms with E-state index in [4.69, 9.17) is 15.0 Å². The minimum Gasteiger partial charge on any atom is -0.508 e. The highest BCUT2D eigenvalue weighted by Crippen LogP contribution is 2.17. The quantitative estimate of drug-likeness (QED) is 0.832. The maximum Gasteiger partial charge on any atom is 0.243 e. The number of phenolic OH excluding ortho intramolecular Hbond substituents is 1. The number of nitrogens with zero attached hydrogens (tertiary/aromatic N) is 2. The number of nitrogens with two attached hydrogens (primary N) is 1. The van der Waals surface area contributed by atoms with Crippen molar-refractivity contribution in [2.24, 2.45) is 5.73 Å². The van der Waals surface area contributed by atoms with Gasteiger partial charge in [-0.05, 0) is 31.0 Å². The Bertz CT molecular complexity index is 539. The molecular formula is C14H19N3O3. The molecular weight excluding hydrogens is 258 g/mol. The highest BCUT2D eigenvalue weighted by Gasteiger charge is 2.16. The SMILES string of the molecule is COC(C)Cc1noc([C@H](N)Cc2ccc(O)cc2)n1. The molecule has 0 radical (unpaired) electrons. The molecule has 2 atom stereocenters.